The molecule has 2 saturated heterocycles. The van der Waals surface area contributed by atoms with Crippen molar-refractivity contribution in [3.8, 4) is 6.07 Å². The molecular weight excluding hydrogens is 279 g/mol. The van der Waals surface area contributed by atoms with Crippen molar-refractivity contribution in [2.24, 2.45) is 0 Å². The Morgan fingerprint density at radius 2 is 2.00 bits per heavy atom. The first-order chi connectivity index (χ1) is 9.99. The summed E-state index contributed by atoms with van der Waals surface area (Å²) in [5, 5.41) is 8.98. The molecule has 6 heteroatoms. The fourth-order valence-corrected chi connectivity index (χ4v) is 3.29. The number of hydrogen-bond donors (Lipinski definition) is 0. The van der Waals surface area contributed by atoms with Crippen molar-refractivity contribution < 1.29 is 13.2 Å². The number of benzene rings is 1. The zero-order chi connectivity index (χ0) is 15.0. The van der Waals surface area contributed by atoms with Crippen LogP contribution in [0.4, 0.5) is 18.9 Å². The maximum absolute atomic E-state index is 12.8. The van der Waals surface area contributed by atoms with Gasteiger partial charge in [-0.25, -0.2) is 0 Å². The molecule has 0 N–H and O–H groups in total. The standard InChI is InChI=1S/C15H16F3N3/c16-15(17,18)14-4-3-12(8-11(14)9-19)21-7-6-20-5-1-2-13(20)10-21/h3-4,8,13H,1-2,5-7,10H2. The van der Waals surface area contributed by atoms with E-state index in [9.17, 15) is 13.2 Å². The molecule has 2 aliphatic rings. The first-order valence-electron chi connectivity index (χ1n) is 7.09. The summed E-state index contributed by atoms with van der Waals surface area (Å²) in [5.74, 6) is 0. The summed E-state index contributed by atoms with van der Waals surface area (Å²) < 4.78 is 38.4. The van der Waals surface area contributed by atoms with Crippen LogP contribution in [-0.2, 0) is 6.18 Å². The van der Waals surface area contributed by atoms with Gasteiger partial charge in [-0.05, 0) is 37.6 Å². The first-order valence-corrected chi connectivity index (χ1v) is 7.09. The third-order valence-electron chi connectivity index (χ3n) is 4.38. The lowest BCUT2D eigenvalue weighted by Crippen LogP contribution is -2.50. The van der Waals surface area contributed by atoms with Gasteiger partial charge in [-0.15, -0.1) is 0 Å². The topological polar surface area (TPSA) is 30.3 Å². The molecule has 0 amide bonds. The van der Waals surface area contributed by atoms with Gasteiger partial charge >= 0.3 is 6.18 Å². The van der Waals surface area contributed by atoms with Gasteiger partial charge in [0.05, 0.1) is 17.2 Å². The highest BCUT2D eigenvalue weighted by Gasteiger charge is 2.35. The van der Waals surface area contributed by atoms with E-state index in [1.165, 1.54) is 18.6 Å². The van der Waals surface area contributed by atoms with Crippen molar-refractivity contribution in [3.63, 3.8) is 0 Å². The summed E-state index contributed by atoms with van der Waals surface area (Å²) in [6.45, 7) is 3.69. The van der Waals surface area contributed by atoms with Crippen LogP contribution in [0.15, 0.2) is 18.2 Å². The molecule has 3 nitrogen and oxygen atoms in total. The largest absolute Gasteiger partial charge is 0.417 e. The molecule has 21 heavy (non-hydrogen) atoms. The molecule has 3 rings (SSSR count). The monoisotopic (exact) mass is 295 g/mol. The minimum atomic E-state index is -4.48. The Labute approximate surface area is 121 Å². The minimum absolute atomic E-state index is 0.297. The van der Waals surface area contributed by atoms with E-state index >= 15 is 0 Å². The molecule has 0 radical (unpaired) electrons. The fourth-order valence-electron chi connectivity index (χ4n) is 3.29. The summed E-state index contributed by atoms with van der Waals surface area (Å²) in [4.78, 5) is 4.53. The predicted molar refractivity (Wildman–Crippen MR) is 73.0 cm³/mol. The molecular formula is C15H16F3N3. The van der Waals surface area contributed by atoms with Gasteiger partial charge in [0.1, 0.15) is 0 Å². The predicted octanol–water partition coefficient (Wildman–Crippen LogP) is 2.86. The number of alkyl halides is 3. The zero-order valence-corrected chi connectivity index (χ0v) is 11.5. The Balaban J connectivity index is 1.85. The molecule has 1 atom stereocenters. The molecule has 1 aromatic rings. The number of nitrogens with zero attached hydrogens (tertiary/aromatic N) is 3. The summed E-state index contributed by atoms with van der Waals surface area (Å²) >= 11 is 0. The van der Waals surface area contributed by atoms with Gasteiger partial charge < -0.3 is 4.90 Å². The van der Waals surface area contributed by atoms with E-state index in [1.807, 2.05) is 0 Å². The number of fused-ring (bicyclic) bond motifs is 1. The van der Waals surface area contributed by atoms with Crippen molar-refractivity contribution in [1.29, 1.82) is 5.26 Å². The normalized spacial score (nSPS) is 23.0. The lowest BCUT2D eigenvalue weighted by atomic mass is 10.1. The number of rotatable bonds is 1. The van der Waals surface area contributed by atoms with Gasteiger partial charge in [0.25, 0.3) is 0 Å². The molecule has 0 aromatic heterocycles. The van der Waals surface area contributed by atoms with Gasteiger partial charge in [0.2, 0.25) is 0 Å². The van der Waals surface area contributed by atoms with Gasteiger partial charge in [-0.2, -0.15) is 18.4 Å². The molecule has 2 fully saturated rings. The third-order valence-corrected chi connectivity index (χ3v) is 4.38. The molecule has 2 heterocycles. The van der Waals surface area contributed by atoms with Gasteiger partial charge in [-0.1, -0.05) is 0 Å². The van der Waals surface area contributed by atoms with E-state index in [0.29, 0.717) is 11.7 Å². The maximum Gasteiger partial charge on any atom is 0.417 e. The van der Waals surface area contributed by atoms with Gasteiger partial charge in [0.15, 0.2) is 0 Å². The highest BCUT2D eigenvalue weighted by atomic mass is 19.4. The average molecular weight is 295 g/mol. The summed E-state index contributed by atoms with van der Waals surface area (Å²) in [7, 11) is 0. The van der Waals surface area contributed by atoms with Crippen LogP contribution >= 0.6 is 0 Å². The maximum atomic E-state index is 12.8. The van der Waals surface area contributed by atoms with Crippen LogP contribution in [0, 0.1) is 11.3 Å². The Morgan fingerprint density at radius 3 is 2.71 bits per heavy atom. The van der Waals surface area contributed by atoms with Crippen LogP contribution in [-0.4, -0.2) is 37.1 Å². The van der Waals surface area contributed by atoms with Crippen LogP contribution in [0.5, 0.6) is 0 Å². The summed E-state index contributed by atoms with van der Waals surface area (Å²) in [6, 6.07) is 6.03. The Bertz CT molecular complexity index is 577. The number of anilines is 1. The first kappa shape index (κ1) is 14.2. The van der Waals surface area contributed by atoms with E-state index in [2.05, 4.69) is 9.80 Å². The Hall–Kier alpha value is -1.74. The number of piperazine rings is 1. The number of nitriles is 1. The average Bonchev–Trinajstić information content (AvgIpc) is 2.93. The molecule has 1 unspecified atom stereocenters. The van der Waals surface area contributed by atoms with Crippen LogP contribution < -0.4 is 4.90 Å². The van der Waals surface area contributed by atoms with Crippen molar-refractivity contribution >= 4 is 5.69 Å². The smallest absolute Gasteiger partial charge is 0.369 e. The molecule has 2 aliphatic heterocycles. The zero-order valence-electron chi connectivity index (χ0n) is 11.5. The van der Waals surface area contributed by atoms with E-state index in [-0.39, 0.29) is 5.56 Å². The molecule has 1 aromatic carbocycles. The Kier molecular flexibility index (Phi) is 3.54. The van der Waals surface area contributed by atoms with E-state index in [0.717, 1.165) is 38.7 Å². The van der Waals surface area contributed by atoms with E-state index < -0.39 is 11.7 Å². The fraction of sp³-hybridized carbons (Fsp3) is 0.533. The molecule has 0 saturated carbocycles. The molecule has 0 bridgehead atoms. The van der Waals surface area contributed by atoms with Gasteiger partial charge in [0, 0.05) is 31.4 Å². The molecule has 0 spiro atoms. The second-order valence-corrected chi connectivity index (χ2v) is 5.62. The van der Waals surface area contributed by atoms with Crippen molar-refractivity contribution in [2.45, 2.75) is 25.1 Å². The minimum Gasteiger partial charge on any atom is -0.369 e. The molecule has 112 valence electrons. The summed E-state index contributed by atoms with van der Waals surface area (Å²) in [5.41, 5.74) is -0.437. The third kappa shape index (κ3) is 2.70. The van der Waals surface area contributed by atoms with Crippen molar-refractivity contribution in [2.75, 3.05) is 31.1 Å². The quantitative estimate of drug-likeness (QED) is 0.798. The van der Waals surface area contributed by atoms with Crippen LogP contribution in [0.1, 0.15) is 24.0 Å². The lowest BCUT2D eigenvalue weighted by molar-refractivity contribution is -0.137. The van der Waals surface area contributed by atoms with E-state index in [4.69, 9.17) is 5.26 Å². The second-order valence-electron chi connectivity index (χ2n) is 5.62. The van der Waals surface area contributed by atoms with Crippen LogP contribution in [0.25, 0.3) is 0 Å². The van der Waals surface area contributed by atoms with Crippen molar-refractivity contribution in [1.82, 2.24) is 4.90 Å². The van der Waals surface area contributed by atoms with Crippen LogP contribution in [0.2, 0.25) is 0 Å². The highest BCUT2D eigenvalue weighted by Crippen LogP contribution is 2.34. The lowest BCUT2D eigenvalue weighted by Gasteiger charge is -2.39. The van der Waals surface area contributed by atoms with E-state index in [1.54, 1.807) is 6.07 Å². The highest BCUT2D eigenvalue weighted by molar-refractivity contribution is 5.55. The Morgan fingerprint density at radius 1 is 1.19 bits per heavy atom. The van der Waals surface area contributed by atoms with Gasteiger partial charge in [-0.3, -0.25) is 4.90 Å². The number of halogens is 3. The summed E-state index contributed by atoms with van der Waals surface area (Å²) in [6.07, 6.45) is -2.15. The number of hydrogen-bond acceptors (Lipinski definition) is 3. The SMILES string of the molecule is N#Cc1cc(N2CCN3CCCC3C2)ccc1C(F)(F)F. The van der Waals surface area contributed by atoms with Crippen LogP contribution in [0.3, 0.4) is 0 Å². The molecule has 0 aliphatic carbocycles. The second kappa shape index (κ2) is 5.23. The van der Waals surface area contributed by atoms with Crippen molar-refractivity contribution in [3.05, 3.63) is 29.3 Å².